The lowest BCUT2D eigenvalue weighted by Gasteiger charge is -2.24. The van der Waals surface area contributed by atoms with Crippen LogP contribution in [0.15, 0.2) is 54.7 Å². The summed E-state index contributed by atoms with van der Waals surface area (Å²) in [6.45, 7) is 4.19. The molecule has 1 aliphatic rings. The van der Waals surface area contributed by atoms with Gasteiger partial charge in [0.25, 0.3) is 0 Å². The van der Waals surface area contributed by atoms with Crippen LogP contribution in [0.3, 0.4) is 0 Å². The Kier molecular flexibility index (Phi) is 3.57. The van der Waals surface area contributed by atoms with Crippen LogP contribution in [0.4, 0.5) is 0 Å². The zero-order valence-electron chi connectivity index (χ0n) is 14.0. The zero-order chi connectivity index (χ0) is 16.7. The van der Waals surface area contributed by atoms with Crippen molar-refractivity contribution in [1.29, 1.82) is 0 Å². The van der Waals surface area contributed by atoms with Crippen LogP contribution in [0.1, 0.15) is 45.1 Å². The van der Waals surface area contributed by atoms with Gasteiger partial charge in [-0.15, -0.1) is 0 Å². The molecule has 1 atom stereocenters. The molecule has 24 heavy (non-hydrogen) atoms. The van der Waals surface area contributed by atoms with Crippen LogP contribution >= 0.6 is 0 Å². The molecular formula is C21H20N2O. The van der Waals surface area contributed by atoms with Gasteiger partial charge in [-0.1, -0.05) is 42.0 Å². The van der Waals surface area contributed by atoms with E-state index in [2.05, 4.69) is 61.4 Å². The van der Waals surface area contributed by atoms with E-state index in [1.807, 2.05) is 10.7 Å². The number of ketones is 1. The Hall–Kier alpha value is -2.68. The summed E-state index contributed by atoms with van der Waals surface area (Å²) < 4.78 is 1.93. The maximum atomic E-state index is 12.6. The Bertz CT molecular complexity index is 906. The molecule has 1 aromatic heterocycles. The van der Waals surface area contributed by atoms with Gasteiger partial charge in [-0.25, -0.2) is 4.68 Å². The van der Waals surface area contributed by atoms with E-state index in [0.717, 1.165) is 23.4 Å². The van der Waals surface area contributed by atoms with Crippen LogP contribution in [-0.2, 0) is 6.42 Å². The lowest BCUT2D eigenvalue weighted by atomic mass is 9.81. The summed E-state index contributed by atoms with van der Waals surface area (Å²) in [6.07, 6.45) is 3.14. The Morgan fingerprint density at radius 2 is 1.75 bits per heavy atom. The van der Waals surface area contributed by atoms with Crippen molar-refractivity contribution in [3.05, 3.63) is 82.7 Å². The second-order valence-electron chi connectivity index (χ2n) is 6.64. The van der Waals surface area contributed by atoms with Crippen molar-refractivity contribution in [2.24, 2.45) is 0 Å². The molecule has 3 aromatic rings. The van der Waals surface area contributed by atoms with E-state index in [1.165, 1.54) is 16.7 Å². The van der Waals surface area contributed by atoms with Crippen molar-refractivity contribution in [3.63, 3.8) is 0 Å². The fourth-order valence-electron chi connectivity index (χ4n) is 3.62. The molecule has 0 bridgehead atoms. The zero-order valence-corrected chi connectivity index (χ0v) is 14.0. The molecule has 0 spiro atoms. The molecule has 0 saturated carbocycles. The van der Waals surface area contributed by atoms with Crippen LogP contribution in [0.2, 0.25) is 0 Å². The van der Waals surface area contributed by atoms with E-state index in [4.69, 9.17) is 0 Å². The normalized spacial score (nSPS) is 16.9. The molecule has 1 heterocycles. The minimum Gasteiger partial charge on any atom is -0.294 e. The number of hydrogen-bond donors (Lipinski definition) is 0. The molecule has 0 radical (unpaired) electrons. The molecule has 3 heteroatoms. The highest BCUT2D eigenvalue weighted by Crippen LogP contribution is 2.34. The molecule has 1 unspecified atom stereocenters. The number of Topliss-reactive ketones (excluding diaryl/α,β-unsaturated/α-hetero) is 1. The average Bonchev–Trinajstić information content (AvgIpc) is 3.00. The first-order chi connectivity index (χ1) is 11.6. The van der Waals surface area contributed by atoms with Crippen LogP contribution in [0, 0.1) is 13.8 Å². The Labute approximate surface area is 141 Å². The highest BCUT2D eigenvalue weighted by molar-refractivity contribution is 5.98. The summed E-state index contributed by atoms with van der Waals surface area (Å²) >= 11 is 0. The molecule has 2 aromatic carbocycles. The number of benzene rings is 2. The van der Waals surface area contributed by atoms with Crippen molar-refractivity contribution in [2.75, 3.05) is 0 Å². The smallest absolute Gasteiger partial charge is 0.166 e. The van der Waals surface area contributed by atoms with Crippen molar-refractivity contribution in [2.45, 2.75) is 32.6 Å². The predicted molar refractivity (Wildman–Crippen MR) is 94.9 cm³/mol. The van der Waals surface area contributed by atoms with E-state index in [0.29, 0.717) is 6.42 Å². The van der Waals surface area contributed by atoms with Gasteiger partial charge < -0.3 is 0 Å². The van der Waals surface area contributed by atoms with Crippen molar-refractivity contribution in [1.82, 2.24) is 9.78 Å². The number of nitrogens with zero attached hydrogens (tertiary/aromatic N) is 2. The molecule has 0 aliphatic heterocycles. The number of carbonyl (C=O) groups is 1. The summed E-state index contributed by atoms with van der Waals surface area (Å²) in [7, 11) is 0. The summed E-state index contributed by atoms with van der Waals surface area (Å²) in [4.78, 5) is 12.6. The summed E-state index contributed by atoms with van der Waals surface area (Å²) in [5.74, 6) is 0.426. The van der Waals surface area contributed by atoms with Crippen LogP contribution in [0.25, 0.3) is 5.69 Å². The van der Waals surface area contributed by atoms with Gasteiger partial charge in [-0.3, -0.25) is 4.79 Å². The number of aryl methyl sites for hydroxylation is 2. The topological polar surface area (TPSA) is 34.9 Å². The van der Waals surface area contributed by atoms with Gasteiger partial charge in [-0.2, -0.15) is 5.10 Å². The van der Waals surface area contributed by atoms with E-state index < -0.39 is 0 Å². The van der Waals surface area contributed by atoms with Crippen LogP contribution in [0.5, 0.6) is 0 Å². The summed E-state index contributed by atoms with van der Waals surface area (Å²) in [5.41, 5.74) is 6.56. The van der Waals surface area contributed by atoms with E-state index >= 15 is 0 Å². The summed E-state index contributed by atoms with van der Waals surface area (Å²) in [6, 6.07) is 16.6. The highest BCUT2D eigenvalue weighted by Gasteiger charge is 2.30. The highest BCUT2D eigenvalue weighted by atomic mass is 16.1. The molecule has 3 nitrogen and oxygen atoms in total. The third-order valence-electron chi connectivity index (χ3n) is 4.95. The maximum Gasteiger partial charge on any atom is 0.166 e. The van der Waals surface area contributed by atoms with Gasteiger partial charge >= 0.3 is 0 Å². The van der Waals surface area contributed by atoms with Gasteiger partial charge in [0.2, 0.25) is 0 Å². The number of fused-ring (bicyclic) bond motifs is 1. The lowest BCUT2D eigenvalue weighted by Crippen LogP contribution is -2.20. The van der Waals surface area contributed by atoms with Crippen molar-refractivity contribution >= 4 is 5.78 Å². The first-order valence-corrected chi connectivity index (χ1v) is 8.36. The largest absolute Gasteiger partial charge is 0.294 e. The molecular weight excluding hydrogens is 296 g/mol. The Balaban J connectivity index is 1.76. The van der Waals surface area contributed by atoms with Crippen molar-refractivity contribution in [3.8, 4) is 5.69 Å². The van der Waals surface area contributed by atoms with Gasteiger partial charge in [0.15, 0.2) is 5.78 Å². The van der Waals surface area contributed by atoms with Gasteiger partial charge in [0, 0.05) is 6.42 Å². The van der Waals surface area contributed by atoms with Gasteiger partial charge in [-0.05, 0) is 49.4 Å². The second-order valence-corrected chi connectivity index (χ2v) is 6.64. The van der Waals surface area contributed by atoms with E-state index in [9.17, 15) is 4.79 Å². The predicted octanol–water partition coefficient (Wildman–Crippen LogP) is 4.40. The number of rotatable bonds is 2. The SMILES string of the molecule is Cc1ccc(-n2ncc3c2CC(c2ccccc2C)CC3=O)cc1. The molecule has 4 rings (SSSR count). The average molecular weight is 316 g/mol. The standard InChI is InChI=1S/C21H20N2O/c1-14-7-9-17(10-8-14)23-20-11-16(12-21(24)19(20)13-22-23)18-6-4-3-5-15(18)2/h3-10,13,16H,11-12H2,1-2H3. The Morgan fingerprint density at radius 1 is 1.00 bits per heavy atom. The minimum absolute atomic E-state index is 0.197. The van der Waals surface area contributed by atoms with Crippen molar-refractivity contribution < 1.29 is 4.79 Å². The second kappa shape index (κ2) is 5.75. The fraction of sp³-hybridized carbons (Fsp3) is 0.238. The molecule has 0 N–H and O–H groups in total. The van der Waals surface area contributed by atoms with Gasteiger partial charge in [0.05, 0.1) is 23.1 Å². The van der Waals surface area contributed by atoms with Crippen LogP contribution < -0.4 is 0 Å². The van der Waals surface area contributed by atoms with E-state index in [-0.39, 0.29) is 11.7 Å². The van der Waals surface area contributed by atoms with E-state index in [1.54, 1.807) is 6.20 Å². The monoisotopic (exact) mass is 316 g/mol. The molecule has 0 saturated heterocycles. The molecule has 0 amide bonds. The number of carbonyl (C=O) groups excluding carboxylic acids is 1. The molecule has 1 aliphatic carbocycles. The number of aromatic nitrogens is 2. The third kappa shape index (κ3) is 2.46. The number of hydrogen-bond acceptors (Lipinski definition) is 2. The lowest BCUT2D eigenvalue weighted by molar-refractivity contribution is 0.0963. The fourth-order valence-corrected chi connectivity index (χ4v) is 3.62. The Morgan fingerprint density at radius 3 is 2.50 bits per heavy atom. The molecule has 0 fully saturated rings. The first-order valence-electron chi connectivity index (χ1n) is 8.36. The van der Waals surface area contributed by atoms with Crippen LogP contribution in [-0.4, -0.2) is 15.6 Å². The first kappa shape index (κ1) is 14.9. The van der Waals surface area contributed by atoms with Gasteiger partial charge in [0.1, 0.15) is 0 Å². The quantitative estimate of drug-likeness (QED) is 0.702. The third-order valence-corrected chi connectivity index (χ3v) is 4.95. The molecule has 120 valence electrons. The maximum absolute atomic E-state index is 12.6. The minimum atomic E-state index is 0.197. The summed E-state index contributed by atoms with van der Waals surface area (Å²) in [5, 5.41) is 4.49.